The van der Waals surface area contributed by atoms with Gasteiger partial charge in [-0.3, -0.25) is 4.79 Å². The van der Waals surface area contributed by atoms with E-state index in [1.807, 2.05) is 13.8 Å². The Hall–Kier alpha value is -2.54. The molecule has 150 valence electrons. The van der Waals surface area contributed by atoms with E-state index in [0.29, 0.717) is 23.8 Å². The van der Waals surface area contributed by atoms with Gasteiger partial charge in [-0.15, -0.1) is 0 Å². The molecule has 0 unspecified atom stereocenters. The van der Waals surface area contributed by atoms with E-state index in [9.17, 15) is 13.6 Å². The highest BCUT2D eigenvalue weighted by Crippen LogP contribution is 2.25. The SMILES string of the molecule is CC(C)c1cc(Nc2cc(F)cc(F)c2)ncc1C(=O)NCC1CCOCC1. The summed E-state index contributed by atoms with van der Waals surface area (Å²) in [5.41, 5.74) is 1.59. The Morgan fingerprint density at radius 3 is 2.50 bits per heavy atom. The van der Waals surface area contributed by atoms with Gasteiger partial charge in [-0.1, -0.05) is 13.8 Å². The molecule has 1 amide bonds. The van der Waals surface area contributed by atoms with E-state index >= 15 is 0 Å². The lowest BCUT2D eigenvalue weighted by Gasteiger charge is -2.22. The van der Waals surface area contributed by atoms with Crippen LogP contribution in [0.25, 0.3) is 0 Å². The second kappa shape index (κ2) is 9.10. The molecule has 0 spiro atoms. The second-order valence-corrected chi connectivity index (χ2v) is 7.36. The van der Waals surface area contributed by atoms with E-state index in [1.165, 1.54) is 18.3 Å². The first-order valence-electron chi connectivity index (χ1n) is 9.51. The largest absolute Gasteiger partial charge is 0.381 e. The number of rotatable bonds is 6. The van der Waals surface area contributed by atoms with Crippen molar-refractivity contribution in [2.75, 3.05) is 25.1 Å². The zero-order valence-corrected chi connectivity index (χ0v) is 16.1. The Labute approximate surface area is 163 Å². The molecule has 1 aliphatic rings. The summed E-state index contributed by atoms with van der Waals surface area (Å²) in [6, 6.07) is 4.93. The third-order valence-electron chi connectivity index (χ3n) is 4.83. The number of hydrogen-bond donors (Lipinski definition) is 2. The molecule has 1 aliphatic heterocycles. The number of carbonyl (C=O) groups excluding carboxylic acids is 1. The van der Waals surface area contributed by atoms with Crippen molar-refractivity contribution in [2.45, 2.75) is 32.6 Å². The van der Waals surface area contributed by atoms with Crippen LogP contribution in [0.3, 0.4) is 0 Å². The molecule has 5 nitrogen and oxygen atoms in total. The fourth-order valence-corrected chi connectivity index (χ4v) is 3.26. The number of benzene rings is 1. The number of ether oxygens (including phenoxy) is 1. The summed E-state index contributed by atoms with van der Waals surface area (Å²) in [7, 11) is 0. The number of hydrogen-bond acceptors (Lipinski definition) is 4. The number of halogens is 2. The molecule has 28 heavy (non-hydrogen) atoms. The summed E-state index contributed by atoms with van der Waals surface area (Å²) in [6.45, 7) is 6.05. The van der Waals surface area contributed by atoms with E-state index < -0.39 is 11.6 Å². The van der Waals surface area contributed by atoms with E-state index in [4.69, 9.17) is 4.74 Å². The summed E-state index contributed by atoms with van der Waals surface area (Å²) in [5, 5.41) is 5.89. The minimum absolute atomic E-state index is 0.0802. The fraction of sp³-hybridized carbons (Fsp3) is 0.429. The highest BCUT2D eigenvalue weighted by atomic mass is 19.1. The van der Waals surface area contributed by atoms with E-state index in [1.54, 1.807) is 6.07 Å². The van der Waals surface area contributed by atoms with Crippen LogP contribution in [0.5, 0.6) is 0 Å². The Morgan fingerprint density at radius 2 is 1.86 bits per heavy atom. The van der Waals surface area contributed by atoms with Crippen molar-refractivity contribution in [3.8, 4) is 0 Å². The average Bonchev–Trinajstić information content (AvgIpc) is 2.66. The predicted octanol–water partition coefficient (Wildman–Crippen LogP) is 4.38. The number of nitrogens with one attached hydrogen (secondary N) is 2. The molecule has 3 rings (SSSR count). The van der Waals surface area contributed by atoms with Gasteiger partial charge in [0, 0.05) is 37.7 Å². The topological polar surface area (TPSA) is 63.2 Å². The van der Waals surface area contributed by atoms with Crippen molar-refractivity contribution in [3.05, 3.63) is 53.2 Å². The van der Waals surface area contributed by atoms with Crippen LogP contribution < -0.4 is 10.6 Å². The lowest BCUT2D eigenvalue weighted by molar-refractivity contribution is 0.0642. The van der Waals surface area contributed by atoms with Crippen molar-refractivity contribution < 1.29 is 18.3 Å². The summed E-state index contributed by atoms with van der Waals surface area (Å²) in [5.74, 6) is -0.569. The molecule has 0 saturated carbocycles. The summed E-state index contributed by atoms with van der Waals surface area (Å²) in [6.07, 6.45) is 3.40. The first-order chi connectivity index (χ1) is 13.4. The maximum absolute atomic E-state index is 13.4. The second-order valence-electron chi connectivity index (χ2n) is 7.36. The molecule has 1 fully saturated rings. The first kappa shape index (κ1) is 20.2. The molecule has 2 aromatic rings. The average molecular weight is 389 g/mol. The van der Waals surface area contributed by atoms with Crippen molar-refractivity contribution >= 4 is 17.4 Å². The predicted molar refractivity (Wildman–Crippen MR) is 104 cm³/mol. The Bertz CT molecular complexity index is 816. The molecule has 0 atom stereocenters. The number of pyridine rings is 1. The maximum atomic E-state index is 13.4. The molecule has 2 N–H and O–H groups in total. The van der Waals surface area contributed by atoms with E-state index in [2.05, 4.69) is 15.6 Å². The lowest BCUT2D eigenvalue weighted by Crippen LogP contribution is -2.32. The van der Waals surface area contributed by atoms with Crippen LogP contribution in [-0.2, 0) is 4.74 Å². The van der Waals surface area contributed by atoms with Gasteiger partial charge in [0.2, 0.25) is 0 Å². The zero-order valence-electron chi connectivity index (χ0n) is 16.1. The maximum Gasteiger partial charge on any atom is 0.253 e. The molecular weight excluding hydrogens is 364 g/mol. The molecular formula is C21H25F2N3O2. The van der Waals surface area contributed by atoms with Gasteiger partial charge in [-0.2, -0.15) is 0 Å². The van der Waals surface area contributed by atoms with Gasteiger partial charge in [0.15, 0.2) is 0 Å². The number of nitrogens with zero attached hydrogens (tertiary/aromatic N) is 1. The minimum Gasteiger partial charge on any atom is -0.381 e. The highest BCUT2D eigenvalue weighted by molar-refractivity contribution is 5.95. The van der Waals surface area contributed by atoms with Crippen molar-refractivity contribution in [1.82, 2.24) is 10.3 Å². The third-order valence-corrected chi connectivity index (χ3v) is 4.83. The van der Waals surface area contributed by atoms with Gasteiger partial charge < -0.3 is 15.4 Å². The van der Waals surface area contributed by atoms with E-state index in [-0.39, 0.29) is 17.5 Å². The summed E-state index contributed by atoms with van der Waals surface area (Å²) < 4.78 is 32.1. The molecule has 0 bridgehead atoms. The number of amides is 1. The van der Waals surface area contributed by atoms with Gasteiger partial charge in [0.25, 0.3) is 5.91 Å². The molecule has 2 heterocycles. The van der Waals surface area contributed by atoms with E-state index in [0.717, 1.165) is 37.7 Å². The van der Waals surface area contributed by atoms with Crippen LogP contribution in [0.1, 0.15) is 48.5 Å². The van der Waals surface area contributed by atoms with Crippen LogP contribution in [0.2, 0.25) is 0 Å². The highest BCUT2D eigenvalue weighted by Gasteiger charge is 2.19. The zero-order chi connectivity index (χ0) is 20.1. The molecule has 0 aliphatic carbocycles. The summed E-state index contributed by atoms with van der Waals surface area (Å²) >= 11 is 0. The number of carbonyl (C=O) groups is 1. The van der Waals surface area contributed by atoms with Gasteiger partial charge in [0.05, 0.1) is 5.56 Å². The first-order valence-corrected chi connectivity index (χ1v) is 9.51. The van der Waals surface area contributed by atoms with Crippen LogP contribution in [-0.4, -0.2) is 30.6 Å². The molecule has 1 aromatic carbocycles. The minimum atomic E-state index is -0.671. The van der Waals surface area contributed by atoms with Gasteiger partial charge in [-0.25, -0.2) is 13.8 Å². The Kier molecular flexibility index (Phi) is 6.57. The standard InChI is InChI=1S/C21H25F2N3O2/c1-13(2)18-10-20(26-17-8-15(22)7-16(23)9-17)24-12-19(18)21(27)25-11-14-3-5-28-6-4-14/h7-10,12-14H,3-6,11H2,1-2H3,(H,24,26)(H,25,27). The fourth-order valence-electron chi connectivity index (χ4n) is 3.26. The van der Waals surface area contributed by atoms with Crippen molar-refractivity contribution in [2.24, 2.45) is 5.92 Å². The molecule has 0 radical (unpaired) electrons. The third kappa shape index (κ3) is 5.25. The quantitative estimate of drug-likeness (QED) is 0.770. The smallest absolute Gasteiger partial charge is 0.253 e. The summed E-state index contributed by atoms with van der Waals surface area (Å²) in [4.78, 5) is 16.9. The Morgan fingerprint density at radius 1 is 1.18 bits per heavy atom. The number of anilines is 2. The monoisotopic (exact) mass is 389 g/mol. The van der Waals surface area contributed by atoms with Gasteiger partial charge >= 0.3 is 0 Å². The van der Waals surface area contributed by atoms with Crippen LogP contribution >= 0.6 is 0 Å². The van der Waals surface area contributed by atoms with Crippen molar-refractivity contribution in [3.63, 3.8) is 0 Å². The number of aromatic nitrogens is 1. The van der Waals surface area contributed by atoms with Crippen LogP contribution in [0, 0.1) is 17.6 Å². The Balaban J connectivity index is 1.73. The van der Waals surface area contributed by atoms with Gasteiger partial charge in [0.1, 0.15) is 17.5 Å². The molecule has 7 heteroatoms. The molecule has 1 aromatic heterocycles. The van der Waals surface area contributed by atoms with Crippen LogP contribution in [0.15, 0.2) is 30.5 Å². The lowest BCUT2D eigenvalue weighted by atomic mass is 9.97. The van der Waals surface area contributed by atoms with Crippen LogP contribution in [0.4, 0.5) is 20.3 Å². The van der Waals surface area contributed by atoms with Gasteiger partial charge in [-0.05, 0) is 48.4 Å². The van der Waals surface area contributed by atoms with Crippen molar-refractivity contribution in [1.29, 1.82) is 0 Å². The molecule has 1 saturated heterocycles. The normalized spacial score (nSPS) is 14.9.